The van der Waals surface area contributed by atoms with Gasteiger partial charge in [-0.1, -0.05) is 6.07 Å². The van der Waals surface area contributed by atoms with Gasteiger partial charge in [0.05, 0.1) is 16.3 Å². The quantitative estimate of drug-likeness (QED) is 0.784. The van der Waals surface area contributed by atoms with E-state index in [1.54, 1.807) is 12.1 Å². The predicted molar refractivity (Wildman–Crippen MR) is 83.5 cm³/mol. The van der Waals surface area contributed by atoms with E-state index in [0.717, 1.165) is 35.7 Å². The molecular formula is C17H14FNO3S. The lowest BCUT2D eigenvalue weighted by molar-refractivity contribution is 0.488. The van der Waals surface area contributed by atoms with Crippen molar-refractivity contribution < 1.29 is 17.2 Å². The number of nitrogens with one attached hydrogen (secondary N) is 1. The standard InChI is InChI=1S/C17H14FNO3S/c18-11-2-1-3-12(8-11)23(20,21)13-4-5-16-15(9-13)14-6-7-19-10-17(14)22-16/h1-5,8-9,19H,6-7,10H2. The summed E-state index contributed by atoms with van der Waals surface area (Å²) in [5, 5.41) is 4.04. The van der Waals surface area contributed by atoms with E-state index in [9.17, 15) is 12.8 Å². The molecule has 0 saturated heterocycles. The normalized spacial score (nSPS) is 14.8. The van der Waals surface area contributed by atoms with E-state index in [-0.39, 0.29) is 9.79 Å². The lowest BCUT2D eigenvalue weighted by atomic mass is 10.1. The number of rotatable bonds is 2. The number of fused-ring (bicyclic) bond motifs is 3. The Morgan fingerprint density at radius 3 is 2.74 bits per heavy atom. The first kappa shape index (κ1) is 14.4. The molecular weight excluding hydrogens is 317 g/mol. The fourth-order valence-corrected chi connectivity index (χ4v) is 4.27. The third kappa shape index (κ3) is 2.34. The molecule has 1 aliphatic rings. The molecule has 23 heavy (non-hydrogen) atoms. The van der Waals surface area contributed by atoms with Crippen molar-refractivity contribution in [2.75, 3.05) is 6.54 Å². The Morgan fingerprint density at radius 2 is 1.91 bits per heavy atom. The maximum Gasteiger partial charge on any atom is 0.206 e. The molecule has 4 nitrogen and oxygen atoms in total. The van der Waals surface area contributed by atoms with Gasteiger partial charge in [-0.25, -0.2) is 12.8 Å². The molecule has 0 aliphatic carbocycles. The summed E-state index contributed by atoms with van der Waals surface area (Å²) in [5.74, 6) is 0.283. The van der Waals surface area contributed by atoms with Gasteiger partial charge in [-0.3, -0.25) is 0 Å². The molecule has 1 N–H and O–H groups in total. The zero-order chi connectivity index (χ0) is 16.0. The minimum atomic E-state index is -3.75. The molecule has 6 heteroatoms. The summed E-state index contributed by atoms with van der Waals surface area (Å²) in [4.78, 5) is 0.105. The SMILES string of the molecule is O=S(=O)(c1cccc(F)c1)c1ccc2oc3c(c2c1)CCNC3. The van der Waals surface area contributed by atoms with Gasteiger partial charge in [-0.2, -0.15) is 0 Å². The minimum Gasteiger partial charge on any atom is -0.459 e. The Labute approximate surface area is 132 Å². The molecule has 2 heterocycles. The van der Waals surface area contributed by atoms with Gasteiger partial charge in [0.25, 0.3) is 0 Å². The van der Waals surface area contributed by atoms with Crippen molar-refractivity contribution in [1.29, 1.82) is 0 Å². The van der Waals surface area contributed by atoms with Gasteiger partial charge >= 0.3 is 0 Å². The van der Waals surface area contributed by atoms with Crippen LogP contribution < -0.4 is 5.32 Å². The fraction of sp³-hybridized carbons (Fsp3) is 0.176. The summed E-state index contributed by atoms with van der Waals surface area (Å²) < 4.78 is 44.5. The number of sulfone groups is 1. The van der Waals surface area contributed by atoms with Crippen LogP contribution in [-0.2, 0) is 22.8 Å². The maximum atomic E-state index is 13.4. The van der Waals surface area contributed by atoms with E-state index < -0.39 is 15.7 Å². The van der Waals surface area contributed by atoms with Crippen LogP contribution in [0.5, 0.6) is 0 Å². The van der Waals surface area contributed by atoms with Crippen molar-refractivity contribution in [3.63, 3.8) is 0 Å². The van der Waals surface area contributed by atoms with Crippen LogP contribution in [0.2, 0.25) is 0 Å². The van der Waals surface area contributed by atoms with E-state index >= 15 is 0 Å². The average Bonchev–Trinajstić information content (AvgIpc) is 2.92. The topological polar surface area (TPSA) is 59.3 Å². The van der Waals surface area contributed by atoms with E-state index in [2.05, 4.69) is 5.32 Å². The Balaban J connectivity index is 1.88. The molecule has 3 aromatic rings. The van der Waals surface area contributed by atoms with E-state index in [4.69, 9.17) is 4.42 Å². The Hall–Kier alpha value is -2.18. The number of furan rings is 1. The zero-order valence-corrected chi connectivity index (χ0v) is 13.0. The van der Waals surface area contributed by atoms with Crippen LogP contribution in [0.1, 0.15) is 11.3 Å². The van der Waals surface area contributed by atoms with Crippen molar-refractivity contribution in [3.05, 3.63) is 59.6 Å². The summed E-state index contributed by atoms with van der Waals surface area (Å²) >= 11 is 0. The van der Waals surface area contributed by atoms with Gasteiger partial charge in [0.2, 0.25) is 9.84 Å². The molecule has 0 unspecified atom stereocenters. The largest absolute Gasteiger partial charge is 0.459 e. The van der Waals surface area contributed by atoms with Crippen molar-refractivity contribution >= 4 is 20.8 Å². The van der Waals surface area contributed by atoms with Crippen LogP contribution in [0.15, 0.2) is 56.7 Å². The molecule has 0 atom stereocenters. The van der Waals surface area contributed by atoms with Gasteiger partial charge in [-0.15, -0.1) is 0 Å². The number of hydrogen-bond acceptors (Lipinski definition) is 4. The summed E-state index contributed by atoms with van der Waals surface area (Å²) in [6.07, 6.45) is 0.797. The van der Waals surface area contributed by atoms with Crippen LogP contribution in [0.4, 0.5) is 4.39 Å². The van der Waals surface area contributed by atoms with Gasteiger partial charge in [-0.05, 0) is 49.4 Å². The van der Waals surface area contributed by atoms with Crippen LogP contribution in [0, 0.1) is 5.82 Å². The van der Waals surface area contributed by atoms with Crippen LogP contribution >= 0.6 is 0 Å². The smallest absolute Gasteiger partial charge is 0.206 e. The van der Waals surface area contributed by atoms with Crippen molar-refractivity contribution in [3.8, 4) is 0 Å². The van der Waals surface area contributed by atoms with E-state index in [1.807, 2.05) is 0 Å². The highest BCUT2D eigenvalue weighted by atomic mass is 32.2. The van der Waals surface area contributed by atoms with E-state index in [1.165, 1.54) is 24.3 Å². The van der Waals surface area contributed by atoms with Gasteiger partial charge in [0, 0.05) is 10.9 Å². The first-order valence-electron chi connectivity index (χ1n) is 7.31. The monoisotopic (exact) mass is 331 g/mol. The Morgan fingerprint density at radius 1 is 1.09 bits per heavy atom. The summed E-state index contributed by atoms with van der Waals surface area (Å²) in [6, 6.07) is 9.85. The molecule has 0 amide bonds. The molecule has 118 valence electrons. The molecule has 1 aliphatic heterocycles. The third-order valence-electron chi connectivity index (χ3n) is 4.10. The van der Waals surface area contributed by atoms with Crippen molar-refractivity contribution in [2.24, 2.45) is 0 Å². The predicted octanol–water partition coefficient (Wildman–Crippen LogP) is 3.05. The molecule has 0 fully saturated rings. The minimum absolute atomic E-state index is 0.0455. The Kier molecular flexibility index (Phi) is 3.25. The first-order valence-corrected chi connectivity index (χ1v) is 8.80. The van der Waals surface area contributed by atoms with Gasteiger partial charge in [0.1, 0.15) is 17.2 Å². The van der Waals surface area contributed by atoms with Crippen molar-refractivity contribution in [1.82, 2.24) is 5.32 Å². The second kappa shape index (κ2) is 5.18. The average molecular weight is 331 g/mol. The maximum absolute atomic E-state index is 13.4. The molecule has 4 rings (SSSR count). The first-order chi connectivity index (χ1) is 11.1. The fourth-order valence-electron chi connectivity index (χ4n) is 2.95. The van der Waals surface area contributed by atoms with Gasteiger partial charge in [0.15, 0.2) is 0 Å². The lowest BCUT2D eigenvalue weighted by Crippen LogP contribution is -2.22. The highest BCUT2D eigenvalue weighted by molar-refractivity contribution is 7.91. The number of benzene rings is 2. The van der Waals surface area contributed by atoms with Gasteiger partial charge < -0.3 is 9.73 Å². The summed E-state index contributed by atoms with van der Waals surface area (Å²) in [5.41, 5.74) is 1.73. The molecule has 0 spiro atoms. The highest BCUT2D eigenvalue weighted by Crippen LogP contribution is 2.32. The summed E-state index contributed by atoms with van der Waals surface area (Å²) in [7, 11) is -3.75. The second-order valence-electron chi connectivity index (χ2n) is 5.55. The lowest BCUT2D eigenvalue weighted by Gasteiger charge is -2.11. The van der Waals surface area contributed by atoms with Crippen LogP contribution in [0.25, 0.3) is 11.0 Å². The molecule has 0 radical (unpaired) electrons. The van der Waals surface area contributed by atoms with E-state index in [0.29, 0.717) is 12.1 Å². The zero-order valence-electron chi connectivity index (χ0n) is 12.2. The van der Waals surface area contributed by atoms with Crippen LogP contribution in [-0.4, -0.2) is 15.0 Å². The van der Waals surface area contributed by atoms with Crippen molar-refractivity contribution in [2.45, 2.75) is 22.8 Å². The molecule has 0 saturated carbocycles. The number of hydrogen-bond donors (Lipinski definition) is 1. The second-order valence-corrected chi connectivity index (χ2v) is 7.50. The number of halogens is 1. The summed E-state index contributed by atoms with van der Waals surface area (Å²) in [6.45, 7) is 1.48. The molecule has 2 aromatic carbocycles. The Bertz CT molecular complexity index is 1010. The van der Waals surface area contributed by atoms with Crippen LogP contribution in [0.3, 0.4) is 0 Å². The highest BCUT2D eigenvalue weighted by Gasteiger charge is 2.22. The third-order valence-corrected chi connectivity index (χ3v) is 5.85. The molecule has 0 bridgehead atoms. The molecule has 1 aromatic heterocycles.